The van der Waals surface area contributed by atoms with Crippen molar-refractivity contribution >= 4 is 0 Å². The van der Waals surface area contributed by atoms with Crippen molar-refractivity contribution in [3.63, 3.8) is 0 Å². The van der Waals surface area contributed by atoms with Crippen LogP contribution in [0, 0.1) is 16.7 Å². The van der Waals surface area contributed by atoms with Crippen molar-refractivity contribution in [1.82, 2.24) is 5.32 Å². The molecule has 0 radical (unpaired) electrons. The molecule has 0 amide bonds. The van der Waals surface area contributed by atoms with Gasteiger partial charge < -0.3 is 5.32 Å². The molecule has 0 spiro atoms. The normalized spacial score (nSPS) is 12.9. The van der Waals surface area contributed by atoms with Crippen molar-refractivity contribution in [1.29, 1.82) is 5.26 Å². The third kappa shape index (κ3) is 5.75. The van der Waals surface area contributed by atoms with E-state index in [1.165, 1.54) is 11.1 Å². The fourth-order valence-corrected chi connectivity index (χ4v) is 2.23. The van der Waals surface area contributed by atoms with Crippen LogP contribution < -0.4 is 5.32 Å². The Kier molecular flexibility index (Phi) is 6.75. The van der Waals surface area contributed by atoms with Crippen LogP contribution in [-0.4, -0.2) is 6.54 Å². The van der Waals surface area contributed by atoms with Gasteiger partial charge in [-0.25, -0.2) is 0 Å². The standard InChI is InChI=1S/C18H28N2/c1-5-16-8-10-17(11-9-16)15(2)20-13-7-6-12-18(3,4)14-19/h8-11,15,20H,5-7,12-13H2,1-4H3. The first kappa shape index (κ1) is 16.7. The van der Waals surface area contributed by atoms with E-state index < -0.39 is 0 Å². The lowest BCUT2D eigenvalue weighted by molar-refractivity contribution is 0.418. The van der Waals surface area contributed by atoms with E-state index >= 15 is 0 Å². The second-order valence-corrected chi connectivity index (χ2v) is 6.22. The maximum Gasteiger partial charge on any atom is 0.0683 e. The molecule has 1 N–H and O–H groups in total. The van der Waals surface area contributed by atoms with E-state index in [2.05, 4.69) is 49.5 Å². The summed E-state index contributed by atoms with van der Waals surface area (Å²) in [6.45, 7) is 9.43. The van der Waals surface area contributed by atoms with Crippen molar-refractivity contribution in [3.05, 3.63) is 35.4 Å². The number of aryl methyl sites for hydroxylation is 1. The van der Waals surface area contributed by atoms with E-state index in [0.717, 1.165) is 32.2 Å². The third-order valence-corrected chi connectivity index (χ3v) is 3.87. The molecule has 1 aromatic rings. The zero-order valence-electron chi connectivity index (χ0n) is 13.4. The summed E-state index contributed by atoms with van der Waals surface area (Å²) in [5.41, 5.74) is 2.56. The molecular weight excluding hydrogens is 244 g/mol. The molecule has 110 valence electrons. The first-order valence-corrected chi connectivity index (χ1v) is 7.72. The lowest BCUT2D eigenvalue weighted by Gasteiger charge is -2.17. The SMILES string of the molecule is CCc1ccc(C(C)NCCCCC(C)(C)C#N)cc1. The van der Waals surface area contributed by atoms with Gasteiger partial charge in [0.05, 0.1) is 11.5 Å². The summed E-state index contributed by atoms with van der Waals surface area (Å²) in [6, 6.07) is 11.6. The molecule has 0 fully saturated rings. The molecule has 20 heavy (non-hydrogen) atoms. The maximum atomic E-state index is 8.96. The lowest BCUT2D eigenvalue weighted by atomic mass is 9.89. The zero-order chi connectivity index (χ0) is 15.0. The summed E-state index contributed by atoms with van der Waals surface area (Å²) in [5.74, 6) is 0. The van der Waals surface area contributed by atoms with Gasteiger partial charge in [-0.1, -0.05) is 37.6 Å². The Bertz CT molecular complexity index is 426. The molecule has 1 rings (SSSR count). The van der Waals surface area contributed by atoms with Crippen LogP contribution in [-0.2, 0) is 6.42 Å². The summed E-state index contributed by atoms with van der Waals surface area (Å²) >= 11 is 0. The van der Waals surface area contributed by atoms with Gasteiger partial charge in [-0.3, -0.25) is 0 Å². The number of nitrogens with zero attached hydrogens (tertiary/aromatic N) is 1. The van der Waals surface area contributed by atoms with Crippen molar-refractivity contribution in [2.24, 2.45) is 5.41 Å². The number of unbranched alkanes of at least 4 members (excludes halogenated alkanes) is 1. The largest absolute Gasteiger partial charge is 0.310 e. The Balaban J connectivity index is 2.26. The van der Waals surface area contributed by atoms with Gasteiger partial charge in [-0.2, -0.15) is 5.26 Å². The number of hydrogen-bond donors (Lipinski definition) is 1. The van der Waals surface area contributed by atoms with Crippen LogP contribution in [0.15, 0.2) is 24.3 Å². The van der Waals surface area contributed by atoms with Gasteiger partial charge in [0.15, 0.2) is 0 Å². The molecule has 0 aliphatic heterocycles. The van der Waals surface area contributed by atoms with E-state index in [9.17, 15) is 0 Å². The van der Waals surface area contributed by atoms with E-state index in [0.29, 0.717) is 6.04 Å². The fourth-order valence-electron chi connectivity index (χ4n) is 2.23. The van der Waals surface area contributed by atoms with Gasteiger partial charge >= 0.3 is 0 Å². The van der Waals surface area contributed by atoms with Gasteiger partial charge in [-0.05, 0) is 57.7 Å². The topological polar surface area (TPSA) is 35.8 Å². The maximum absolute atomic E-state index is 8.96. The summed E-state index contributed by atoms with van der Waals surface area (Å²) in [4.78, 5) is 0. The number of hydrogen-bond acceptors (Lipinski definition) is 2. The van der Waals surface area contributed by atoms with Crippen molar-refractivity contribution < 1.29 is 0 Å². The second-order valence-electron chi connectivity index (χ2n) is 6.22. The van der Waals surface area contributed by atoms with Crippen LogP contribution in [0.2, 0.25) is 0 Å². The molecule has 0 heterocycles. The molecule has 1 atom stereocenters. The minimum atomic E-state index is -0.179. The quantitative estimate of drug-likeness (QED) is 0.701. The predicted octanol–water partition coefficient (Wildman–Crippen LogP) is 4.62. The van der Waals surface area contributed by atoms with Gasteiger partial charge in [0.1, 0.15) is 0 Å². The smallest absolute Gasteiger partial charge is 0.0683 e. The highest BCUT2D eigenvalue weighted by atomic mass is 14.9. The van der Waals surface area contributed by atoms with Crippen LogP contribution in [0.25, 0.3) is 0 Å². The number of nitrogens with one attached hydrogen (secondary N) is 1. The minimum absolute atomic E-state index is 0.179. The van der Waals surface area contributed by atoms with E-state index in [-0.39, 0.29) is 5.41 Å². The highest BCUT2D eigenvalue weighted by Gasteiger charge is 2.15. The average Bonchev–Trinajstić information content (AvgIpc) is 2.46. The highest BCUT2D eigenvalue weighted by molar-refractivity contribution is 5.24. The summed E-state index contributed by atoms with van der Waals surface area (Å²) < 4.78 is 0. The van der Waals surface area contributed by atoms with Gasteiger partial charge in [0.25, 0.3) is 0 Å². The molecule has 2 nitrogen and oxygen atoms in total. The Hall–Kier alpha value is -1.33. The Labute approximate surface area is 124 Å². The summed E-state index contributed by atoms with van der Waals surface area (Å²) in [5, 5.41) is 12.5. The van der Waals surface area contributed by atoms with Crippen LogP contribution in [0.5, 0.6) is 0 Å². The predicted molar refractivity (Wildman–Crippen MR) is 85.5 cm³/mol. The number of benzene rings is 1. The van der Waals surface area contributed by atoms with Crippen LogP contribution >= 0.6 is 0 Å². The van der Waals surface area contributed by atoms with Crippen LogP contribution in [0.1, 0.15) is 64.1 Å². The van der Waals surface area contributed by atoms with Gasteiger partial charge in [-0.15, -0.1) is 0 Å². The Morgan fingerprint density at radius 3 is 2.40 bits per heavy atom. The number of rotatable bonds is 8. The van der Waals surface area contributed by atoms with Crippen LogP contribution in [0.4, 0.5) is 0 Å². The molecule has 0 aromatic heterocycles. The first-order valence-electron chi connectivity index (χ1n) is 7.72. The van der Waals surface area contributed by atoms with E-state index in [4.69, 9.17) is 5.26 Å². The van der Waals surface area contributed by atoms with E-state index in [1.54, 1.807) is 0 Å². The third-order valence-electron chi connectivity index (χ3n) is 3.87. The summed E-state index contributed by atoms with van der Waals surface area (Å²) in [7, 11) is 0. The molecule has 2 heteroatoms. The average molecular weight is 272 g/mol. The summed E-state index contributed by atoms with van der Waals surface area (Å²) in [6.07, 6.45) is 4.30. The molecule has 0 saturated heterocycles. The monoisotopic (exact) mass is 272 g/mol. The highest BCUT2D eigenvalue weighted by Crippen LogP contribution is 2.21. The second kappa shape index (κ2) is 8.07. The first-order chi connectivity index (χ1) is 9.48. The molecule has 1 unspecified atom stereocenters. The van der Waals surface area contributed by atoms with Gasteiger partial charge in [0.2, 0.25) is 0 Å². The van der Waals surface area contributed by atoms with E-state index in [1.807, 2.05) is 13.8 Å². The van der Waals surface area contributed by atoms with Crippen LogP contribution in [0.3, 0.4) is 0 Å². The molecule has 0 bridgehead atoms. The fraction of sp³-hybridized carbons (Fsp3) is 0.611. The molecular formula is C18H28N2. The van der Waals surface area contributed by atoms with Crippen molar-refractivity contribution in [2.75, 3.05) is 6.54 Å². The Morgan fingerprint density at radius 1 is 1.20 bits per heavy atom. The van der Waals surface area contributed by atoms with Crippen molar-refractivity contribution in [3.8, 4) is 6.07 Å². The number of nitriles is 1. The van der Waals surface area contributed by atoms with Crippen molar-refractivity contribution in [2.45, 2.75) is 59.4 Å². The molecule has 1 aromatic carbocycles. The lowest BCUT2D eigenvalue weighted by Crippen LogP contribution is -2.20. The molecule has 0 aliphatic rings. The minimum Gasteiger partial charge on any atom is -0.310 e. The molecule has 0 saturated carbocycles. The molecule has 0 aliphatic carbocycles. The zero-order valence-corrected chi connectivity index (χ0v) is 13.4. The van der Waals surface area contributed by atoms with Gasteiger partial charge in [0, 0.05) is 6.04 Å². The Morgan fingerprint density at radius 2 is 1.85 bits per heavy atom.